The van der Waals surface area contributed by atoms with E-state index in [-0.39, 0.29) is 11.1 Å². The number of amides is 2. The average molecular weight is 494 g/mol. The van der Waals surface area contributed by atoms with Crippen molar-refractivity contribution in [3.8, 4) is 0 Å². The van der Waals surface area contributed by atoms with Gasteiger partial charge in [-0.2, -0.15) is 13.2 Å². The molecule has 35 heavy (non-hydrogen) atoms. The Kier molecular flexibility index (Phi) is 5.62. The van der Waals surface area contributed by atoms with Gasteiger partial charge in [0.2, 0.25) is 0 Å². The lowest BCUT2D eigenvalue weighted by atomic mass is 9.95. The van der Waals surface area contributed by atoms with E-state index in [0.29, 0.717) is 41.5 Å². The molecule has 2 N–H and O–H groups in total. The summed E-state index contributed by atoms with van der Waals surface area (Å²) in [6, 6.07) is 10.7. The maximum absolute atomic E-state index is 13.5. The lowest BCUT2D eigenvalue weighted by Crippen LogP contribution is -2.22. The van der Waals surface area contributed by atoms with E-state index in [2.05, 4.69) is 32.7 Å². The molecule has 0 saturated carbocycles. The predicted octanol–water partition coefficient (Wildman–Crippen LogP) is 5.20. The summed E-state index contributed by atoms with van der Waals surface area (Å²) in [5.41, 5.74) is 1.53. The van der Waals surface area contributed by atoms with Crippen LogP contribution in [0.2, 0.25) is 0 Å². The Balaban J connectivity index is 1.74. The molecule has 0 aliphatic carbocycles. The van der Waals surface area contributed by atoms with Crippen molar-refractivity contribution >= 4 is 62.1 Å². The number of nitrogens with zero attached hydrogens (tertiary/aromatic N) is 2. The van der Waals surface area contributed by atoms with Gasteiger partial charge in [0.1, 0.15) is 0 Å². The Hall–Kier alpha value is -4.01. The van der Waals surface area contributed by atoms with Crippen molar-refractivity contribution in [3.05, 3.63) is 71.5 Å². The van der Waals surface area contributed by atoms with Gasteiger partial charge < -0.3 is 9.55 Å². The summed E-state index contributed by atoms with van der Waals surface area (Å²) in [6.45, 7) is 0.698. The quantitative estimate of drug-likeness (QED) is 0.167. The fourth-order valence-electron chi connectivity index (χ4n) is 4.47. The van der Waals surface area contributed by atoms with Gasteiger partial charge in [-0.15, -0.1) is 0 Å². The molecule has 0 unspecified atom stereocenters. The van der Waals surface area contributed by atoms with Crippen molar-refractivity contribution in [2.24, 2.45) is 4.99 Å². The number of alkyl halides is 3. The summed E-state index contributed by atoms with van der Waals surface area (Å²) in [7, 11) is 0. The maximum atomic E-state index is 13.5. The molecule has 1 aliphatic heterocycles. The van der Waals surface area contributed by atoms with Gasteiger partial charge in [-0.25, -0.2) is 4.99 Å². The van der Waals surface area contributed by atoms with Crippen LogP contribution in [0.15, 0.2) is 59.9 Å². The highest BCUT2D eigenvalue weighted by molar-refractivity contribution is 7.78. The number of carbonyl (C=O) groups excluding carboxylic acids is 2. The number of hydrogen-bond acceptors (Lipinski definition) is 4. The molecule has 176 valence electrons. The van der Waals surface area contributed by atoms with Crippen LogP contribution in [0.25, 0.3) is 33.0 Å². The van der Waals surface area contributed by atoms with Gasteiger partial charge in [0, 0.05) is 51.9 Å². The molecule has 3 heterocycles. The number of nitrogens with one attached hydrogen (secondary N) is 2. The second-order valence-corrected chi connectivity index (χ2v) is 8.26. The zero-order valence-corrected chi connectivity index (χ0v) is 18.9. The molecule has 4 aromatic rings. The number of fused-ring (bicyclic) bond motifs is 2. The van der Waals surface area contributed by atoms with E-state index < -0.39 is 23.6 Å². The molecule has 10 heteroatoms. The minimum atomic E-state index is -4.53. The van der Waals surface area contributed by atoms with Crippen LogP contribution in [-0.2, 0) is 22.3 Å². The zero-order chi connectivity index (χ0) is 24.7. The number of benzene rings is 2. The lowest BCUT2D eigenvalue weighted by molar-refractivity contribution is -0.137. The van der Waals surface area contributed by atoms with Crippen molar-refractivity contribution in [2.75, 3.05) is 6.54 Å². The number of hydrogen-bond donors (Lipinski definition) is 2. The van der Waals surface area contributed by atoms with Crippen LogP contribution in [0.4, 0.5) is 13.2 Å². The molecule has 2 amide bonds. The van der Waals surface area contributed by atoms with Gasteiger partial charge >= 0.3 is 6.18 Å². The molecule has 0 bridgehead atoms. The third-order valence-corrected chi connectivity index (χ3v) is 6.13. The fraction of sp³-hybridized carbons (Fsp3) is 0.160. The van der Waals surface area contributed by atoms with Crippen LogP contribution in [0, 0.1) is 0 Å². The molecule has 6 nitrogen and oxygen atoms in total. The molecule has 0 saturated heterocycles. The summed E-state index contributed by atoms with van der Waals surface area (Å²) >= 11 is 4.57. The number of thiocarbonyl (C=S) groups is 1. The molecule has 2 aromatic carbocycles. The highest BCUT2D eigenvalue weighted by Crippen LogP contribution is 2.40. The molecule has 0 spiro atoms. The van der Waals surface area contributed by atoms with Gasteiger partial charge in [-0.3, -0.25) is 14.9 Å². The average Bonchev–Trinajstić information content (AvgIpc) is 3.48. The van der Waals surface area contributed by atoms with Crippen molar-refractivity contribution in [1.82, 2.24) is 14.9 Å². The predicted molar refractivity (Wildman–Crippen MR) is 130 cm³/mol. The third-order valence-electron chi connectivity index (χ3n) is 6.00. The molecule has 5 rings (SSSR count). The van der Waals surface area contributed by atoms with Crippen molar-refractivity contribution in [1.29, 1.82) is 0 Å². The number of H-pyrrole nitrogens is 1. The van der Waals surface area contributed by atoms with Crippen LogP contribution >= 0.6 is 12.2 Å². The number of aromatic nitrogens is 2. The standard InChI is InChI=1S/C25H17F3N4O2S/c26-25(27,28)14-6-7-16-18(12-32(20(16)10-14)9-3-8-29-13-35)22-21(23(33)31-24(22)34)17-11-30-19-5-2-1-4-15(17)19/h1-2,4-7,10-12,30H,3,8-9H2,(H,31,33,34). The van der Waals surface area contributed by atoms with E-state index in [9.17, 15) is 22.8 Å². The summed E-state index contributed by atoms with van der Waals surface area (Å²) < 4.78 is 42.0. The summed E-state index contributed by atoms with van der Waals surface area (Å²) in [5.74, 6) is -1.16. The first-order valence-corrected chi connectivity index (χ1v) is 11.1. The minimum Gasteiger partial charge on any atom is -0.361 e. The van der Waals surface area contributed by atoms with Crippen LogP contribution in [0.5, 0.6) is 0 Å². The smallest absolute Gasteiger partial charge is 0.361 e. The summed E-state index contributed by atoms with van der Waals surface area (Å²) in [6.07, 6.45) is -0.750. The molecular weight excluding hydrogens is 477 g/mol. The summed E-state index contributed by atoms with van der Waals surface area (Å²) in [4.78, 5) is 32.8. The zero-order valence-electron chi connectivity index (χ0n) is 18.1. The number of aliphatic imine (C=N–C) groups is 1. The van der Waals surface area contributed by atoms with Gasteiger partial charge in [-0.1, -0.05) is 24.3 Å². The molecule has 0 radical (unpaired) electrons. The van der Waals surface area contributed by atoms with Crippen LogP contribution in [0.1, 0.15) is 23.1 Å². The highest BCUT2D eigenvalue weighted by atomic mass is 32.1. The van der Waals surface area contributed by atoms with Crippen LogP contribution in [0.3, 0.4) is 0 Å². The second kappa shape index (κ2) is 8.65. The van der Waals surface area contributed by atoms with E-state index in [0.717, 1.165) is 23.0 Å². The Morgan fingerprint density at radius 1 is 1.00 bits per heavy atom. The number of aromatic amines is 1. The van der Waals surface area contributed by atoms with Crippen LogP contribution < -0.4 is 5.32 Å². The number of halogens is 3. The van der Waals surface area contributed by atoms with Gasteiger partial charge in [0.05, 0.1) is 28.4 Å². The van der Waals surface area contributed by atoms with E-state index >= 15 is 0 Å². The number of isothiocyanates is 1. The van der Waals surface area contributed by atoms with Gasteiger partial charge in [0.25, 0.3) is 11.8 Å². The SMILES string of the molecule is O=C1NC(=O)C(c2cn(CCCN=C=S)c3cc(C(F)(F)F)ccc23)=C1c1c[nH]c2ccccc12. The van der Waals surface area contributed by atoms with E-state index in [1.54, 1.807) is 17.0 Å². The van der Waals surface area contributed by atoms with E-state index in [4.69, 9.17) is 0 Å². The van der Waals surface area contributed by atoms with E-state index in [1.165, 1.54) is 6.07 Å². The Bertz CT molecular complexity index is 1590. The van der Waals surface area contributed by atoms with Crippen molar-refractivity contribution < 1.29 is 22.8 Å². The molecular formula is C25H17F3N4O2S. The van der Waals surface area contributed by atoms with Crippen LogP contribution in [-0.4, -0.2) is 33.1 Å². The first-order chi connectivity index (χ1) is 16.8. The molecule has 0 fully saturated rings. The monoisotopic (exact) mass is 494 g/mol. The fourth-order valence-corrected chi connectivity index (χ4v) is 4.56. The first kappa shape index (κ1) is 22.8. The molecule has 0 atom stereocenters. The lowest BCUT2D eigenvalue weighted by Gasteiger charge is -2.09. The van der Waals surface area contributed by atoms with Gasteiger partial charge in [-0.05, 0) is 36.8 Å². The number of para-hydroxylation sites is 1. The number of carbonyl (C=O) groups is 2. The third kappa shape index (κ3) is 3.96. The Morgan fingerprint density at radius 3 is 2.49 bits per heavy atom. The van der Waals surface area contributed by atoms with Crippen molar-refractivity contribution in [3.63, 3.8) is 0 Å². The van der Waals surface area contributed by atoms with Crippen molar-refractivity contribution in [2.45, 2.75) is 19.1 Å². The number of rotatable bonds is 6. The first-order valence-electron chi connectivity index (χ1n) is 10.7. The summed E-state index contributed by atoms with van der Waals surface area (Å²) in [5, 5.41) is 5.81. The molecule has 2 aromatic heterocycles. The molecule has 1 aliphatic rings. The minimum absolute atomic E-state index is 0.125. The highest BCUT2D eigenvalue weighted by Gasteiger charge is 2.36. The largest absolute Gasteiger partial charge is 0.416 e. The van der Waals surface area contributed by atoms with E-state index in [1.807, 2.05) is 24.3 Å². The second-order valence-electron chi connectivity index (χ2n) is 8.07. The number of aryl methyl sites for hydroxylation is 1. The Labute approximate surface area is 202 Å². The maximum Gasteiger partial charge on any atom is 0.416 e. The normalized spacial score (nSPS) is 14.1. The van der Waals surface area contributed by atoms with Gasteiger partial charge in [0.15, 0.2) is 0 Å². The Morgan fingerprint density at radius 2 is 1.74 bits per heavy atom. The topological polar surface area (TPSA) is 79.2 Å². The number of imide groups is 1.